The molecule has 2 heterocycles. The quantitative estimate of drug-likeness (QED) is 0.870. The molecule has 1 saturated heterocycles. The highest BCUT2D eigenvalue weighted by atomic mass is 35.5. The summed E-state index contributed by atoms with van der Waals surface area (Å²) in [6.45, 7) is 2.42. The van der Waals surface area contributed by atoms with Crippen LogP contribution in [0.15, 0.2) is 36.7 Å². The van der Waals surface area contributed by atoms with Gasteiger partial charge in [0.2, 0.25) is 0 Å². The molecule has 0 aliphatic carbocycles. The molecule has 1 aliphatic heterocycles. The van der Waals surface area contributed by atoms with Gasteiger partial charge in [0.1, 0.15) is 5.75 Å². The highest BCUT2D eigenvalue weighted by Crippen LogP contribution is 2.18. The Hall–Kier alpha value is -2.05. The van der Waals surface area contributed by atoms with Crippen molar-refractivity contribution < 1.29 is 14.3 Å². The normalized spacial score (nSPS) is 15.2. The van der Waals surface area contributed by atoms with Crippen LogP contribution in [0, 0.1) is 5.92 Å². The van der Waals surface area contributed by atoms with Crippen molar-refractivity contribution in [2.45, 2.75) is 19.4 Å². The maximum atomic E-state index is 11.9. The van der Waals surface area contributed by atoms with Crippen LogP contribution in [-0.4, -0.2) is 35.5 Å². The molecule has 6 nitrogen and oxygen atoms in total. The Morgan fingerprint density at radius 1 is 1.33 bits per heavy atom. The Morgan fingerprint density at radius 3 is 2.83 bits per heavy atom. The Bertz CT molecular complexity index is 666. The van der Waals surface area contributed by atoms with Crippen molar-refractivity contribution >= 4 is 23.2 Å². The smallest absolute Gasteiger partial charge is 0.262 e. The third-order valence-electron chi connectivity index (χ3n) is 3.89. The highest BCUT2D eigenvalue weighted by Gasteiger charge is 2.15. The fourth-order valence-electron chi connectivity index (χ4n) is 2.60. The summed E-state index contributed by atoms with van der Waals surface area (Å²) in [6.07, 6.45) is 5.60. The first-order valence-electron chi connectivity index (χ1n) is 7.97. The van der Waals surface area contributed by atoms with Crippen molar-refractivity contribution in [3.8, 4) is 5.75 Å². The van der Waals surface area contributed by atoms with Crippen LogP contribution in [0.1, 0.15) is 12.8 Å². The number of nitrogens with one attached hydrogen (secondary N) is 1. The lowest BCUT2D eigenvalue weighted by Gasteiger charge is -2.21. The molecule has 1 N–H and O–H groups in total. The Morgan fingerprint density at radius 2 is 2.08 bits per heavy atom. The van der Waals surface area contributed by atoms with Crippen molar-refractivity contribution in [1.82, 2.24) is 9.78 Å². The molecule has 1 fully saturated rings. The molecule has 0 unspecified atom stereocenters. The molecule has 0 bridgehead atoms. The van der Waals surface area contributed by atoms with Crippen molar-refractivity contribution in [3.63, 3.8) is 0 Å². The Labute approximate surface area is 145 Å². The van der Waals surface area contributed by atoms with E-state index in [2.05, 4.69) is 10.4 Å². The maximum Gasteiger partial charge on any atom is 0.262 e. The van der Waals surface area contributed by atoms with Crippen LogP contribution in [0.25, 0.3) is 0 Å². The molecule has 2 aromatic rings. The summed E-state index contributed by atoms with van der Waals surface area (Å²) >= 11 is 5.80. The fourth-order valence-corrected chi connectivity index (χ4v) is 2.72. The van der Waals surface area contributed by atoms with E-state index in [0.717, 1.165) is 32.6 Å². The molecular weight excluding hydrogens is 330 g/mol. The third kappa shape index (κ3) is 4.97. The van der Waals surface area contributed by atoms with Crippen LogP contribution >= 0.6 is 11.6 Å². The van der Waals surface area contributed by atoms with Crippen LogP contribution in [0.2, 0.25) is 5.02 Å². The number of ether oxygens (including phenoxy) is 2. The van der Waals surface area contributed by atoms with Gasteiger partial charge in [-0.25, -0.2) is 0 Å². The zero-order chi connectivity index (χ0) is 16.8. The van der Waals surface area contributed by atoms with E-state index < -0.39 is 0 Å². The minimum atomic E-state index is -0.226. The van der Waals surface area contributed by atoms with E-state index in [9.17, 15) is 4.79 Å². The van der Waals surface area contributed by atoms with E-state index in [4.69, 9.17) is 21.1 Å². The lowest BCUT2D eigenvalue weighted by Crippen LogP contribution is -2.21. The van der Waals surface area contributed by atoms with Gasteiger partial charge in [0.25, 0.3) is 5.91 Å². The molecule has 0 atom stereocenters. The summed E-state index contributed by atoms with van der Waals surface area (Å²) in [6, 6.07) is 6.88. The summed E-state index contributed by atoms with van der Waals surface area (Å²) in [5.41, 5.74) is 0.673. The molecule has 1 amide bonds. The number of amides is 1. The van der Waals surface area contributed by atoms with Crippen LogP contribution in [-0.2, 0) is 16.1 Å². The average Bonchev–Trinajstić information content (AvgIpc) is 3.02. The van der Waals surface area contributed by atoms with Gasteiger partial charge in [0.05, 0.1) is 11.9 Å². The topological polar surface area (TPSA) is 65.4 Å². The number of benzene rings is 1. The number of carbonyl (C=O) groups is 1. The van der Waals surface area contributed by atoms with E-state index in [1.807, 2.05) is 10.9 Å². The van der Waals surface area contributed by atoms with Crippen molar-refractivity contribution in [2.24, 2.45) is 5.92 Å². The molecule has 1 aromatic carbocycles. The van der Waals surface area contributed by atoms with Gasteiger partial charge in [-0.3, -0.25) is 9.48 Å². The number of nitrogens with zero attached hydrogens (tertiary/aromatic N) is 2. The van der Waals surface area contributed by atoms with Gasteiger partial charge in [-0.05, 0) is 43.0 Å². The predicted molar refractivity (Wildman–Crippen MR) is 91.3 cm³/mol. The fraction of sp³-hybridized carbons (Fsp3) is 0.412. The minimum Gasteiger partial charge on any atom is -0.484 e. The summed E-state index contributed by atoms with van der Waals surface area (Å²) in [5.74, 6) is 0.954. The Kier molecular flexibility index (Phi) is 5.72. The van der Waals surface area contributed by atoms with E-state index >= 15 is 0 Å². The SMILES string of the molecule is O=C(COc1ccc(Cl)cc1)Nc1cnn(CC2CCOCC2)c1. The summed E-state index contributed by atoms with van der Waals surface area (Å²) in [5, 5.41) is 7.71. The summed E-state index contributed by atoms with van der Waals surface area (Å²) < 4.78 is 12.6. The van der Waals surface area contributed by atoms with Crippen molar-refractivity contribution in [2.75, 3.05) is 25.1 Å². The van der Waals surface area contributed by atoms with Crippen LogP contribution in [0.3, 0.4) is 0 Å². The number of aromatic nitrogens is 2. The first-order valence-corrected chi connectivity index (χ1v) is 8.35. The standard InChI is InChI=1S/C17H20ClN3O3/c18-14-1-3-16(4-2-14)24-12-17(22)20-15-9-19-21(11-15)10-13-5-7-23-8-6-13/h1-4,9,11,13H,5-8,10,12H2,(H,20,22). The largest absolute Gasteiger partial charge is 0.484 e. The molecule has 7 heteroatoms. The van der Waals surface area contributed by atoms with Crippen LogP contribution in [0.5, 0.6) is 5.75 Å². The molecule has 0 spiro atoms. The first-order chi connectivity index (χ1) is 11.7. The van der Waals surface area contributed by atoms with Gasteiger partial charge in [0.15, 0.2) is 6.61 Å². The van der Waals surface area contributed by atoms with Gasteiger partial charge in [-0.15, -0.1) is 0 Å². The summed E-state index contributed by atoms with van der Waals surface area (Å²) in [7, 11) is 0. The number of anilines is 1. The molecule has 3 rings (SSSR count). The second-order valence-electron chi connectivity index (χ2n) is 5.80. The number of hydrogen-bond donors (Lipinski definition) is 1. The molecule has 24 heavy (non-hydrogen) atoms. The predicted octanol–water partition coefficient (Wildman–Crippen LogP) is 2.98. The second kappa shape index (κ2) is 8.17. The number of rotatable bonds is 6. The van der Waals surface area contributed by atoms with Crippen LogP contribution < -0.4 is 10.1 Å². The van der Waals surface area contributed by atoms with Gasteiger partial charge < -0.3 is 14.8 Å². The molecule has 128 valence electrons. The van der Waals surface area contributed by atoms with Gasteiger partial charge in [-0.1, -0.05) is 11.6 Å². The van der Waals surface area contributed by atoms with Crippen molar-refractivity contribution in [1.29, 1.82) is 0 Å². The van der Waals surface area contributed by atoms with Gasteiger partial charge in [-0.2, -0.15) is 5.10 Å². The highest BCUT2D eigenvalue weighted by molar-refractivity contribution is 6.30. The molecular formula is C17H20ClN3O3. The maximum absolute atomic E-state index is 11.9. The lowest BCUT2D eigenvalue weighted by atomic mass is 10.0. The number of hydrogen-bond acceptors (Lipinski definition) is 4. The molecule has 0 saturated carbocycles. The molecule has 0 radical (unpaired) electrons. The van der Waals surface area contributed by atoms with E-state index in [1.54, 1.807) is 30.5 Å². The average molecular weight is 350 g/mol. The van der Waals surface area contributed by atoms with Gasteiger partial charge in [0, 0.05) is 31.0 Å². The third-order valence-corrected chi connectivity index (χ3v) is 4.14. The molecule has 1 aliphatic rings. The monoisotopic (exact) mass is 349 g/mol. The number of halogens is 1. The van der Waals surface area contributed by atoms with E-state index in [0.29, 0.717) is 22.4 Å². The zero-order valence-corrected chi connectivity index (χ0v) is 14.0. The second-order valence-corrected chi connectivity index (χ2v) is 6.23. The van der Waals surface area contributed by atoms with Gasteiger partial charge >= 0.3 is 0 Å². The van der Waals surface area contributed by atoms with E-state index in [1.165, 1.54) is 0 Å². The van der Waals surface area contributed by atoms with E-state index in [-0.39, 0.29) is 12.5 Å². The minimum absolute atomic E-state index is 0.0627. The Balaban J connectivity index is 1.45. The summed E-state index contributed by atoms with van der Waals surface area (Å²) in [4.78, 5) is 11.9. The first kappa shape index (κ1) is 16.8. The van der Waals surface area contributed by atoms with Crippen LogP contribution in [0.4, 0.5) is 5.69 Å². The van der Waals surface area contributed by atoms with Crippen molar-refractivity contribution in [3.05, 3.63) is 41.7 Å². The molecule has 1 aromatic heterocycles. The lowest BCUT2D eigenvalue weighted by molar-refractivity contribution is -0.118. The number of carbonyl (C=O) groups excluding carboxylic acids is 1. The zero-order valence-electron chi connectivity index (χ0n) is 13.3.